The van der Waals surface area contributed by atoms with Crippen molar-refractivity contribution in [2.24, 2.45) is 5.92 Å². The van der Waals surface area contributed by atoms with Crippen molar-refractivity contribution in [2.45, 2.75) is 50.4 Å². The molecule has 1 aliphatic carbocycles. The summed E-state index contributed by atoms with van der Waals surface area (Å²) in [5.41, 5.74) is 2.02. The summed E-state index contributed by atoms with van der Waals surface area (Å²) in [5, 5.41) is 7.97. The number of Topliss-reactive ketones (excluding diaryl/α,β-unsaturated/α-hetero) is 1. The summed E-state index contributed by atoms with van der Waals surface area (Å²) in [5.74, 6) is -0.709. The predicted molar refractivity (Wildman–Crippen MR) is 137 cm³/mol. The fourth-order valence-electron chi connectivity index (χ4n) is 4.44. The van der Waals surface area contributed by atoms with Crippen molar-refractivity contribution in [1.82, 2.24) is 19.9 Å². The van der Waals surface area contributed by atoms with Crippen LogP contribution in [0.5, 0.6) is 0 Å². The molecule has 1 saturated heterocycles. The maximum Gasteiger partial charge on any atom is 0.307 e. The number of aryl methyl sites for hydroxylation is 1. The van der Waals surface area contributed by atoms with Crippen LogP contribution in [0.4, 0.5) is 4.39 Å². The first kappa shape index (κ1) is 28.0. The second-order valence-corrected chi connectivity index (χ2v) is 10.3. The minimum absolute atomic E-state index is 0. The van der Waals surface area contributed by atoms with Crippen LogP contribution in [0.25, 0.3) is 6.08 Å². The summed E-state index contributed by atoms with van der Waals surface area (Å²) in [6, 6.07) is 5.79. The zero-order valence-corrected chi connectivity index (χ0v) is 21.9. The lowest BCUT2D eigenvalue weighted by molar-refractivity contribution is -0.140. The van der Waals surface area contributed by atoms with Crippen LogP contribution >= 0.6 is 24.2 Å². The highest BCUT2D eigenvalue weighted by molar-refractivity contribution is 8.14. The molecule has 0 bridgehead atoms. The Kier molecular flexibility index (Phi) is 9.81. The standard InChI is InChI=1S/C25H29FN4O4S.ClH/c1-16(31)35-22-9-11-29(24(25(33)17-7-8-17)20-5-3-4-6-21(20)26)15-18(22)13-19-14-27-28-30(19)12-10-23(32)34-2;/h3-6,13-14,17,22,24H,7-12,15H2,1-2H3;1H. The van der Waals surface area contributed by atoms with Gasteiger partial charge in [0.1, 0.15) is 5.82 Å². The number of hydrogen-bond donors (Lipinski definition) is 0. The van der Waals surface area contributed by atoms with Crippen LogP contribution in [-0.4, -0.2) is 62.2 Å². The van der Waals surface area contributed by atoms with Gasteiger partial charge in [-0.3, -0.25) is 19.3 Å². The van der Waals surface area contributed by atoms with Gasteiger partial charge in [0.25, 0.3) is 0 Å². The van der Waals surface area contributed by atoms with Crippen molar-refractivity contribution in [3.8, 4) is 0 Å². The van der Waals surface area contributed by atoms with E-state index in [0.717, 1.165) is 18.4 Å². The average molecular weight is 537 g/mol. The van der Waals surface area contributed by atoms with E-state index in [1.807, 2.05) is 11.0 Å². The number of nitrogens with zero attached hydrogens (tertiary/aromatic N) is 4. The van der Waals surface area contributed by atoms with Crippen LogP contribution in [-0.2, 0) is 25.7 Å². The van der Waals surface area contributed by atoms with Gasteiger partial charge in [-0.1, -0.05) is 35.2 Å². The van der Waals surface area contributed by atoms with Gasteiger partial charge in [0.2, 0.25) is 0 Å². The number of benzene rings is 1. The zero-order valence-electron chi connectivity index (χ0n) is 20.3. The zero-order chi connectivity index (χ0) is 24.9. The van der Waals surface area contributed by atoms with E-state index in [1.165, 1.54) is 31.9 Å². The molecule has 11 heteroatoms. The van der Waals surface area contributed by atoms with Gasteiger partial charge in [0.15, 0.2) is 10.9 Å². The maximum absolute atomic E-state index is 14.8. The number of rotatable bonds is 9. The van der Waals surface area contributed by atoms with E-state index >= 15 is 0 Å². The van der Waals surface area contributed by atoms with Crippen LogP contribution in [0.3, 0.4) is 0 Å². The van der Waals surface area contributed by atoms with Gasteiger partial charge in [0.05, 0.1) is 38.0 Å². The largest absolute Gasteiger partial charge is 0.469 e. The third kappa shape index (κ3) is 6.80. The predicted octanol–water partition coefficient (Wildman–Crippen LogP) is 3.86. The second-order valence-electron chi connectivity index (χ2n) is 8.89. The number of thioether (sulfide) groups is 1. The lowest BCUT2D eigenvalue weighted by atomic mass is 9.93. The van der Waals surface area contributed by atoms with Crippen molar-refractivity contribution in [3.63, 3.8) is 0 Å². The number of ketones is 1. The molecule has 194 valence electrons. The van der Waals surface area contributed by atoms with Crippen molar-refractivity contribution >= 4 is 47.1 Å². The lowest BCUT2D eigenvalue weighted by Gasteiger charge is -2.38. The van der Waals surface area contributed by atoms with Gasteiger partial charge in [-0.05, 0) is 37.0 Å². The van der Waals surface area contributed by atoms with Crippen molar-refractivity contribution in [3.05, 3.63) is 53.1 Å². The molecule has 2 fully saturated rings. The number of ether oxygens (including phenoxy) is 1. The van der Waals surface area contributed by atoms with Crippen molar-refractivity contribution < 1.29 is 23.5 Å². The number of likely N-dealkylation sites (tertiary alicyclic amines) is 1. The fraction of sp³-hybridized carbons (Fsp3) is 0.480. The fourth-order valence-corrected chi connectivity index (χ4v) is 5.35. The minimum atomic E-state index is -0.669. The number of piperidine rings is 1. The van der Waals surface area contributed by atoms with Gasteiger partial charge in [0, 0.05) is 36.7 Å². The minimum Gasteiger partial charge on any atom is -0.469 e. The maximum atomic E-state index is 14.8. The van der Waals surface area contributed by atoms with E-state index in [-0.39, 0.29) is 52.7 Å². The number of methoxy groups -OCH3 is 1. The molecule has 2 atom stereocenters. The number of aromatic nitrogens is 3. The van der Waals surface area contributed by atoms with Gasteiger partial charge in [-0.2, -0.15) is 0 Å². The van der Waals surface area contributed by atoms with Crippen LogP contribution in [0, 0.1) is 11.7 Å². The molecular weight excluding hydrogens is 507 g/mol. The van der Waals surface area contributed by atoms with Crippen LogP contribution in [0.1, 0.15) is 49.9 Å². The topological polar surface area (TPSA) is 94.4 Å². The molecule has 36 heavy (non-hydrogen) atoms. The number of carbonyl (C=O) groups excluding carboxylic acids is 3. The molecule has 0 spiro atoms. The Morgan fingerprint density at radius 2 is 2.00 bits per heavy atom. The smallest absolute Gasteiger partial charge is 0.307 e. The van der Waals surface area contributed by atoms with E-state index in [0.29, 0.717) is 37.3 Å². The number of esters is 1. The number of halogens is 2. The second kappa shape index (κ2) is 12.6. The monoisotopic (exact) mass is 536 g/mol. The Balaban J connectivity index is 0.00000361. The molecule has 1 aromatic heterocycles. The van der Waals surface area contributed by atoms with E-state index in [2.05, 4.69) is 10.3 Å². The average Bonchev–Trinajstić information content (AvgIpc) is 3.60. The van der Waals surface area contributed by atoms with Crippen molar-refractivity contribution in [1.29, 1.82) is 0 Å². The van der Waals surface area contributed by atoms with Crippen LogP contribution in [0.2, 0.25) is 0 Å². The molecule has 2 aromatic rings. The first-order chi connectivity index (χ1) is 16.9. The highest BCUT2D eigenvalue weighted by atomic mass is 35.5. The molecule has 8 nitrogen and oxygen atoms in total. The molecule has 4 rings (SSSR count). The summed E-state index contributed by atoms with van der Waals surface area (Å²) < 4.78 is 21.1. The normalized spacial score (nSPS) is 20.0. The number of carbonyl (C=O) groups is 3. The quantitative estimate of drug-likeness (QED) is 0.446. The Morgan fingerprint density at radius 1 is 1.25 bits per heavy atom. The van der Waals surface area contributed by atoms with Crippen molar-refractivity contribution in [2.75, 3.05) is 20.2 Å². The molecule has 1 aromatic carbocycles. The molecule has 2 heterocycles. The third-order valence-corrected chi connectivity index (χ3v) is 7.49. The third-order valence-electron chi connectivity index (χ3n) is 6.34. The van der Waals surface area contributed by atoms with Gasteiger partial charge in [-0.25, -0.2) is 9.07 Å². The lowest BCUT2D eigenvalue weighted by Crippen LogP contribution is -2.43. The molecule has 0 N–H and O–H groups in total. The first-order valence-electron chi connectivity index (χ1n) is 11.7. The highest BCUT2D eigenvalue weighted by Crippen LogP contribution is 2.40. The summed E-state index contributed by atoms with van der Waals surface area (Å²) in [6.45, 7) is 2.82. The Labute approximate surface area is 220 Å². The van der Waals surface area contributed by atoms with Gasteiger partial charge >= 0.3 is 5.97 Å². The van der Waals surface area contributed by atoms with Crippen LogP contribution < -0.4 is 0 Å². The summed E-state index contributed by atoms with van der Waals surface area (Å²) in [4.78, 5) is 38.9. The Hall–Kier alpha value is -2.56. The van der Waals surface area contributed by atoms with Gasteiger partial charge < -0.3 is 4.74 Å². The van der Waals surface area contributed by atoms with Gasteiger partial charge in [-0.15, -0.1) is 17.5 Å². The van der Waals surface area contributed by atoms with E-state index in [1.54, 1.807) is 29.1 Å². The summed E-state index contributed by atoms with van der Waals surface area (Å²) in [7, 11) is 1.33. The molecule has 1 aliphatic heterocycles. The molecule has 0 amide bonds. The highest BCUT2D eigenvalue weighted by Gasteiger charge is 2.41. The molecule has 2 unspecified atom stereocenters. The summed E-state index contributed by atoms with van der Waals surface area (Å²) in [6.07, 6.45) is 6.00. The Bertz CT molecular complexity index is 1140. The SMILES string of the molecule is COC(=O)CCn1nncc1C=C1CN(C(C(=O)C2CC2)c2ccccc2F)CCC1SC(C)=O.Cl. The molecular formula is C25H30ClFN4O4S. The van der Waals surface area contributed by atoms with E-state index in [4.69, 9.17) is 4.74 Å². The first-order valence-corrected chi connectivity index (χ1v) is 12.6. The molecule has 1 saturated carbocycles. The summed E-state index contributed by atoms with van der Waals surface area (Å²) >= 11 is 1.26. The molecule has 0 radical (unpaired) electrons. The molecule has 2 aliphatic rings. The Morgan fingerprint density at radius 3 is 2.67 bits per heavy atom. The van der Waals surface area contributed by atoms with E-state index in [9.17, 15) is 18.8 Å². The van der Waals surface area contributed by atoms with E-state index < -0.39 is 6.04 Å². The van der Waals surface area contributed by atoms with Crippen LogP contribution in [0.15, 0.2) is 36.0 Å². The number of hydrogen-bond acceptors (Lipinski definition) is 8.